The Bertz CT molecular complexity index is 1360. The molecule has 0 aliphatic carbocycles. The van der Waals surface area contributed by atoms with Crippen LogP contribution in [0.5, 0.6) is 5.75 Å². The summed E-state index contributed by atoms with van der Waals surface area (Å²) in [4.78, 5) is 2.36. The first-order chi connectivity index (χ1) is 16.7. The predicted molar refractivity (Wildman–Crippen MR) is 140 cm³/mol. The van der Waals surface area contributed by atoms with E-state index < -0.39 is 10.0 Å². The first-order valence-electron chi connectivity index (χ1n) is 11.4. The van der Waals surface area contributed by atoms with Gasteiger partial charge in [0, 0.05) is 50.0 Å². The first kappa shape index (κ1) is 25.8. The van der Waals surface area contributed by atoms with Crippen LogP contribution in [-0.4, -0.2) is 67.1 Å². The van der Waals surface area contributed by atoms with E-state index in [4.69, 9.17) is 27.9 Å². The van der Waals surface area contributed by atoms with Crippen LogP contribution in [0.1, 0.15) is 24.0 Å². The Morgan fingerprint density at radius 2 is 1.94 bits per heavy atom. The third-order valence-corrected chi connectivity index (χ3v) is 8.29. The summed E-state index contributed by atoms with van der Waals surface area (Å²) in [5, 5.41) is 11.0. The summed E-state index contributed by atoms with van der Waals surface area (Å²) < 4.78 is 32.7. The molecule has 0 spiro atoms. The van der Waals surface area contributed by atoms with Gasteiger partial charge >= 0.3 is 0 Å². The van der Waals surface area contributed by atoms with Gasteiger partial charge in [-0.15, -0.1) is 11.6 Å². The first-order valence-corrected chi connectivity index (χ1v) is 14.2. The highest BCUT2D eigenvalue weighted by Crippen LogP contribution is 2.33. The standard InChI is InChI=1S/C25H28Cl2N4O3S/c1-29(35(2,32)33)21-6-9-30(10-7-21)17-18-3-4-24-19(13-18)5-11-31(24)22-14-20(16-28)25(23(27)15-22)34-12-8-26/h3-5,11,13-15,21H,6-10,12,17H2,1-2H3. The highest BCUT2D eigenvalue weighted by atomic mass is 35.5. The number of hydrogen-bond donors (Lipinski definition) is 0. The minimum absolute atomic E-state index is 0.0645. The summed E-state index contributed by atoms with van der Waals surface area (Å²) in [6.45, 7) is 2.80. The van der Waals surface area contributed by atoms with Crippen LogP contribution in [0.15, 0.2) is 42.6 Å². The van der Waals surface area contributed by atoms with Gasteiger partial charge < -0.3 is 9.30 Å². The molecule has 0 amide bonds. The molecule has 0 atom stereocenters. The number of piperidine rings is 1. The van der Waals surface area contributed by atoms with Crippen molar-refractivity contribution in [2.75, 3.05) is 38.9 Å². The van der Waals surface area contributed by atoms with Crippen LogP contribution in [0.4, 0.5) is 0 Å². The van der Waals surface area contributed by atoms with Gasteiger partial charge in [0.15, 0.2) is 5.75 Å². The van der Waals surface area contributed by atoms with Crippen molar-refractivity contribution in [3.63, 3.8) is 0 Å². The highest BCUT2D eigenvalue weighted by Gasteiger charge is 2.27. The second kappa shape index (κ2) is 10.8. The molecule has 1 aromatic heterocycles. The number of nitriles is 1. The molecule has 1 fully saturated rings. The van der Waals surface area contributed by atoms with Crippen LogP contribution in [-0.2, 0) is 16.6 Å². The van der Waals surface area contributed by atoms with E-state index in [1.807, 2.05) is 16.8 Å². The van der Waals surface area contributed by atoms with E-state index in [2.05, 4.69) is 29.2 Å². The summed E-state index contributed by atoms with van der Waals surface area (Å²) in [6, 6.07) is 14.2. The van der Waals surface area contributed by atoms with Crippen LogP contribution >= 0.6 is 23.2 Å². The molecule has 1 saturated heterocycles. The van der Waals surface area contributed by atoms with Gasteiger partial charge in [-0.05, 0) is 48.7 Å². The van der Waals surface area contributed by atoms with Crippen LogP contribution < -0.4 is 4.74 Å². The van der Waals surface area contributed by atoms with Gasteiger partial charge in [0.1, 0.15) is 12.7 Å². The number of aromatic nitrogens is 1. The third kappa shape index (κ3) is 5.76. The topological polar surface area (TPSA) is 78.6 Å². The fraction of sp³-hybridized carbons (Fsp3) is 0.400. The molecule has 4 rings (SSSR count). The lowest BCUT2D eigenvalue weighted by molar-refractivity contribution is 0.164. The second-order valence-corrected chi connectivity index (χ2v) is 11.6. The van der Waals surface area contributed by atoms with Crippen LogP contribution in [0.3, 0.4) is 0 Å². The lowest BCUT2D eigenvalue weighted by Gasteiger charge is -2.35. The maximum absolute atomic E-state index is 11.8. The van der Waals surface area contributed by atoms with Gasteiger partial charge in [-0.1, -0.05) is 17.7 Å². The van der Waals surface area contributed by atoms with Crippen molar-refractivity contribution in [2.45, 2.75) is 25.4 Å². The van der Waals surface area contributed by atoms with E-state index in [0.29, 0.717) is 22.2 Å². The Balaban J connectivity index is 1.50. The fourth-order valence-electron chi connectivity index (χ4n) is 4.57. The molecular formula is C25H28Cl2N4O3S. The number of ether oxygens (including phenoxy) is 1. The van der Waals surface area contributed by atoms with Crippen molar-refractivity contribution in [2.24, 2.45) is 0 Å². The molecule has 3 aromatic rings. The van der Waals surface area contributed by atoms with Gasteiger partial charge in [-0.25, -0.2) is 12.7 Å². The van der Waals surface area contributed by atoms with Gasteiger partial charge in [0.05, 0.1) is 28.2 Å². The maximum Gasteiger partial charge on any atom is 0.211 e. The number of halogens is 2. The molecule has 0 radical (unpaired) electrons. The average molecular weight is 535 g/mol. The van der Waals surface area contributed by atoms with Crippen molar-refractivity contribution in [1.82, 2.24) is 13.8 Å². The smallest absolute Gasteiger partial charge is 0.211 e. The second-order valence-electron chi connectivity index (χ2n) is 8.82. The quantitative estimate of drug-likeness (QED) is 0.393. The van der Waals surface area contributed by atoms with E-state index in [1.54, 1.807) is 19.2 Å². The molecule has 10 heteroatoms. The Hall–Kier alpha value is -2.28. The molecule has 1 aliphatic heterocycles. The average Bonchev–Trinajstić information content (AvgIpc) is 3.25. The van der Waals surface area contributed by atoms with E-state index in [1.165, 1.54) is 16.1 Å². The van der Waals surface area contributed by atoms with Gasteiger partial charge in [-0.2, -0.15) is 5.26 Å². The fourth-order valence-corrected chi connectivity index (χ4v) is 5.67. The summed E-state index contributed by atoms with van der Waals surface area (Å²) in [7, 11) is -1.50. The number of benzene rings is 2. The van der Waals surface area contributed by atoms with Gasteiger partial charge in [-0.3, -0.25) is 4.90 Å². The van der Waals surface area contributed by atoms with Crippen molar-refractivity contribution < 1.29 is 13.2 Å². The summed E-state index contributed by atoms with van der Waals surface area (Å²) in [6.07, 6.45) is 4.89. The van der Waals surface area contributed by atoms with Crippen molar-refractivity contribution >= 4 is 44.1 Å². The highest BCUT2D eigenvalue weighted by molar-refractivity contribution is 7.88. The molecule has 7 nitrogen and oxygen atoms in total. The molecule has 0 N–H and O–H groups in total. The van der Waals surface area contributed by atoms with Crippen molar-refractivity contribution in [3.8, 4) is 17.5 Å². The van der Waals surface area contributed by atoms with Crippen LogP contribution in [0, 0.1) is 11.3 Å². The molecule has 0 unspecified atom stereocenters. The zero-order valence-corrected chi connectivity index (χ0v) is 22.1. The summed E-state index contributed by atoms with van der Waals surface area (Å²) in [5.74, 6) is 0.660. The lowest BCUT2D eigenvalue weighted by Crippen LogP contribution is -2.44. The lowest BCUT2D eigenvalue weighted by atomic mass is 10.0. The molecule has 35 heavy (non-hydrogen) atoms. The van der Waals surface area contributed by atoms with Gasteiger partial charge in [0.2, 0.25) is 10.0 Å². The predicted octanol–water partition coefficient (Wildman–Crippen LogP) is 4.63. The third-order valence-electron chi connectivity index (χ3n) is 6.51. The largest absolute Gasteiger partial charge is 0.489 e. The number of fused-ring (bicyclic) bond motifs is 1. The summed E-state index contributed by atoms with van der Waals surface area (Å²) >= 11 is 12.1. The Morgan fingerprint density at radius 3 is 2.60 bits per heavy atom. The maximum atomic E-state index is 11.8. The molecular weight excluding hydrogens is 507 g/mol. The minimum Gasteiger partial charge on any atom is -0.489 e. The normalized spacial score (nSPS) is 15.5. The SMILES string of the molecule is CN(C1CCN(Cc2ccc3c(ccn3-c3cc(Cl)c(OCCCl)c(C#N)c3)c2)CC1)S(C)(=O)=O. The zero-order valence-electron chi connectivity index (χ0n) is 19.7. The Kier molecular flexibility index (Phi) is 7.94. The van der Waals surface area contributed by atoms with Gasteiger partial charge in [0.25, 0.3) is 0 Å². The van der Waals surface area contributed by atoms with E-state index in [9.17, 15) is 13.7 Å². The van der Waals surface area contributed by atoms with E-state index in [0.717, 1.165) is 49.1 Å². The minimum atomic E-state index is -3.16. The van der Waals surface area contributed by atoms with Crippen LogP contribution in [0.2, 0.25) is 5.02 Å². The number of hydrogen-bond acceptors (Lipinski definition) is 5. The Labute approximate surface area is 216 Å². The molecule has 2 aromatic carbocycles. The van der Waals surface area contributed by atoms with E-state index in [-0.39, 0.29) is 12.6 Å². The monoisotopic (exact) mass is 534 g/mol. The molecule has 186 valence electrons. The molecule has 2 heterocycles. The Morgan fingerprint density at radius 1 is 1.20 bits per heavy atom. The van der Waals surface area contributed by atoms with Crippen molar-refractivity contribution in [1.29, 1.82) is 5.26 Å². The van der Waals surface area contributed by atoms with Crippen molar-refractivity contribution in [3.05, 3.63) is 58.7 Å². The van der Waals surface area contributed by atoms with E-state index >= 15 is 0 Å². The zero-order chi connectivity index (χ0) is 25.2. The molecule has 0 bridgehead atoms. The van der Waals surface area contributed by atoms with Crippen LogP contribution in [0.25, 0.3) is 16.6 Å². The molecule has 1 aliphatic rings. The summed E-state index contributed by atoms with van der Waals surface area (Å²) in [5.41, 5.74) is 3.35. The number of likely N-dealkylation sites (tertiary alicyclic amines) is 1. The number of rotatable bonds is 8. The number of alkyl halides is 1. The number of nitrogens with zero attached hydrogens (tertiary/aromatic N) is 4. The number of sulfonamides is 1. The molecule has 0 saturated carbocycles.